The second-order valence-electron chi connectivity index (χ2n) is 6.49. The number of carbonyl (C=O) groups excluding carboxylic acids is 2. The van der Waals surface area contributed by atoms with E-state index < -0.39 is 6.10 Å². The van der Waals surface area contributed by atoms with E-state index in [9.17, 15) is 9.59 Å². The molecule has 0 saturated carbocycles. The Balaban J connectivity index is 1.68. The number of benzene rings is 2. The first-order valence-corrected chi connectivity index (χ1v) is 8.92. The van der Waals surface area contributed by atoms with E-state index in [-0.39, 0.29) is 11.8 Å². The van der Waals surface area contributed by atoms with Gasteiger partial charge in [-0.15, -0.1) is 0 Å². The van der Waals surface area contributed by atoms with E-state index in [1.54, 1.807) is 0 Å². The lowest BCUT2D eigenvalue weighted by molar-refractivity contribution is -0.133. The van der Waals surface area contributed by atoms with Gasteiger partial charge in [0.1, 0.15) is 0 Å². The average Bonchev–Trinajstić information content (AvgIpc) is 2.65. The average molecular weight is 352 g/mol. The van der Waals surface area contributed by atoms with Gasteiger partial charge in [0.15, 0.2) is 6.10 Å². The predicted molar refractivity (Wildman–Crippen MR) is 101 cm³/mol. The SMILES string of the molecule is COC(C(=O)Nc1cccc(CN2CCCCC2=O)c1)c1ccccc1. The molecule has 0 spiro atoms. The van der Waals surface area contributed by atoms with E-state index in [1.165, 1.54) is 7.11 Å². The molecule has 3 rings (SSSR count). The molecule has 1 heterocycles. The van der Waals surface area contributed by atoms with Gasteiger partial charge < -0.3 is 15.0 Å². The van der Waals surface area contributed by atoms with Crippen LogP contribution >= 0.6 is 0 Å². The minimum absolute atomic E-state index is 0.203. The molecule has 1 unspecified atom stereocenters. The van der Waals surface area contributed by atoms with Gasteiger partial charge in [0.2, 0.25) is 5.91 Å². The third-order valence-corrected chi connectivity index (χ3v) is 4.57. The summed E-state index contributed by atoms with van der Waals surface area (Å²) in [5, 5.41) is 2.91. The van der Waals surface area contributed by atoms with Crippen molar-refractivity contribution >= 4 is 17.5 Å². The molecular formula is C21H24N2O3. The number of likely N-dealkylation sites (tertiary alicyclic amines) is 1. The summed E-state index contributed by atoms with van der Waals surface area (Å²) in [6.45, 7) is 1.38. The third kappa shape index (κ3) is 4.49. The van der Waals surface area contributed by atoms with Gasteiger partial charge in [0.25, 0.3) is 5.91 Å². The van der Waals surface area contributed by atoms with Crippen LogP contribution in [0.4, 0.5) is 5.69 Å². The lowest BCUT2D eigenvalue weighted by Gasteiger charge is -2.27. The van der Waals surface area contributed by atoms with Crippen molar-refractivity contribution in [3.63, 3.8) is 0 Å². The molecule has 0 radical (unpaired) electrons. The number of ether oxygens (including phenoxy) is 1. The van der Waals surface area contributed by atoms with Crippen LogP contribution in [0.15, 0.2) is 54.6 Å². The number of nitrogens with zero attached hydrogens (tertiary/aromatic N) is 1. The van der Waals surface area contributed by atoms with Crippen molar-refractivity contribution in [2.75, 3.05) is 19.0 Å². The molecule has 1 fully saturated rings. The first kappa shape index (κ1) is 18.1. The number of hydrogen-bond donors (Lipinski definition) is 1. The Bertz CT molecular complexity index is 761. The predicted octanol–water partition coefficient (Wildman–Crippen LogP) is 3.53. The zero-order valence-corrected chi connectivity index (χ0v) is 15.0. The van der Waals surface area contributed by atoms with Crippen molar-refractivity contribution in [2.24, 2.45) is 0 Å². The van der Waals surface area contributed by atoms with Gasteiger partial charge in [-0.3, -0.25) is 9.59 Å². The fourth-order valence-corrected chi connectivity index (χ4v) is 3.23. The lowest BCUT2D eigenvalue weighted by Crippen LogP contribution is -2.34. The number of rotatable bonds is 6. The van der Waals surface area contributed by atoms with Crippen LogP contribution in [0, 0.1) is 0 Å². The van der Waals surface area contributed by atoms with Gasteiger partial charge in [0.05, 0.1) is 0 Å². The molecule has 26 heavy (non-hydrogen) atoms. The second-order valence-corrected chi connectivity index (χ2v) is 6.49. The van der Waals surface area contributed by atoms with Crippen LogP contribution < -0.4 is 5.32 Å². The standard InChI is InChI=1S/C21H24N2O3/c1-26-20(17-9-3-2-4-10-17)21(25)22-18-11-7-8-16(14-18)15-23-13-6-5-12-19(23)24/h2-4,7-11,14,20H,5-6,12-13,15H2,1H3,(H,22,25). The maximum absolute atomic E-state index is 12.6. The molecule has 1 aliphatic heterocycles. The quantitative estimate of drug-likeness (QED) is 0.865. The highest BCUT2D eigenvalue weighted by molar-refractivity contribution is 5.95. The smallest absolute Gasteiger partial charge is 0.258 e. The van der Waals surface area contributed by atoms with Crippen LogP contribution in [0.25, 0.3) is 0 Å². The first-order chi connectivity index (χ1) is 12.7. The molecule has 1 saturated heterocycles. The Kier molecular flexibility index (Phi) is 6.02. The highest BCUT2D eigenvalue weighted by Gasteiger charge is 2.21. The number of anilines is 1. The molecule has 0 bridgehead atoms. The monoisotopic (exact) mass is 352 g/mol. The van der Waals surface area contributed by atoms with Crippen LogP contribution in [-0.4, -0.2) is 30.4 Å². The molecule has 2 aromatic carbocycles. The maximum Gasteiger partial charge on any atom is 0.258 e. The first-order valence-electron chi connectivity index (χ1n) is 8.92. The van der Waals surface area contributed by atoms with Gasteiger partial charge >= 0.3 is 0 Å². The van der Waals surface area contributed by atoms with Gasteiger partial charge in [-0.05, 0) is 36.1 Å². The molecule has 2 amide bonds. The normalized spacial score (nSPS) is 15.6. The van der Waals surface area contributed by atoms with E-state index in [1.807, 2.05) is 59.5 Å². The molecule has 5 heteroatoms. The summed E-state index contributed by atoms with van der Waals surface area (Å²) in [4.78, 5) is 26.5. The number of nitrogens with one attached hydrogen (secondary N) is 1. The Morgan fingerprint density at radius 2 is 1.96 bits per heavy atom. The number of carbonyl (C=O) groups is 2. The molecule has 136 valence electrons. The Morgan fingerprint density at radius 1 is 1.15 bits per heavy atom. The van der Waals surface area contributed by atoms with Crippen molar-refractivity contribution in [1.82, 2.24) is 4.90 Å². The van der Waals surface area contributed by atoms with Gasteiger partial charge in [-0.1, -0.05) is 42.5 Å². The molecule has 2 aromatic rings. The number of amides is 2. The summed E-state index contributed by atoms with van der Waals surface area (Å²) in [5.74, 6) is -0.0147. The van der Waals surface area contributed by atoms with E-state index in [2.05, 4.69) is 5.32 Å². The third-order valence-electron chi connectivity index (χ3n) is 4.57. The fourth-order valence-electron chi connectivity index (χ4n) is 3.23. The molecule has 5 nitrogen and oxygen atoms in total. The molecule has 1 atom stereocenters. The van der Waals surface area contributed by atoms with Crippen molar-refractivity contribution in [3.05, 3.63) is 65.7 Å². The number of hydrogen-bond acceptors (Lipinski definition) is 3. The van der Waals surface area contributed by atoms with Gasteiger partial charge in [-0.2, -0.15) is 0 Å². The summed E-state index contributed by atoms with van der Waals surface area (Å²) >= 11 is 0. The highest BCUT2D eigenvalue weighted by Crippen LogP contribution is 2.21. The van der Waals surface area contributed by atoms with Crippen molar-refractivity contribution in [1.29, 1.82) is 0 Å². The second kappa shape index (κ2) is 8.63. The fraction of sp³-hybridized carbons (Fsp3) is 0.333. The Morgan fingerprint density at radius 3 is 2.69 bits per heavy atom. The van der Waals surface area contributed by atoms with Crippen molar-refractivity contribution < 1.29 is 14.3 Å². The van der Waals surface area contributed by atoms with Crippen LogP contribution in [0.2, 0.25) is 0 Å². The minimum Gasteiger partial charge on any atom is -0.367 e. The molecule has 1 N–H and O–H groups in total. The maximum atomic E-state index is 12.6. The highest BCUT2D eigenvalue weighted by atomic mass is 16.5. The van der Waals surface area contributed by atoms with E-state index >= 15 is 0 Å². The topological polar surface area (TPSA) is 58.6 Å². The Labute approximate surface area is 154 Å². The summed E-state index contributed by atoms with van der Waals surface area (Å²) in [6.07, 6.45) is 1.99. The van der Waals surface area contributed by atoms with Crippen LogP contribution in [0.5, 0.6) is 0 Å². The molecular weight excluding hydrogens is 328 g/mol. The van der Waals surface area contributed by atoms with Gasteiger partial charge in [0, 0.05) is 32.3 Å². The molecule has 0 aromatic heterocycles. The van der Waals surface area contributed by atoms with Crippen LogP contribution in [0.3, 0.4) is 0 Å². The minimum atomic E-state index is -0.663. The number of methoxy groups -OCH3 is 1. The molecule has 1 aliphatic rings. The van der Waals surface area contributed by atoms with Crippen molar-refractivity contribution in [2.45, 2.75) is 31.9 Å². The molecule has 0 aliphatic carbocycles. The zero-order chi connectivity index (χ0) is 18.4. The summed E-state index contributed by atoms with van der Waals surface area (Å²) in [6, 6.07) is 17.0. The van der Waals surface area contributed by atoms with Crippen molar-refractivity contribution in [3.8, 4) is 0 Å². The largest absolute Gasteiger partial charge is 0.367 e. The summed E-state index contributed by atoms with van der Waals surface area (Å²) in [5.41, 5.74) is 2.52. The Hall–Kier alpha value is -2.66. The summed E-state index contributed by atoms with van der Waals surface area (Å²) < 4.78 is 5.37. The van der Waals surface area contributed by atoms with E-state index in [0.717, 1.165) is 30.5 Å². The van der Waals surface area contributed by atoms with Crippen LogP contribution in [-0.2, 0) is 20.9 Å². The summed E-state index contributed by atoms with van der Waals surface area (Å²) in [7, 11) is 1.52. The lowest BCUT2D eigenvalue weighted by atomic mass is 10.1. The van der Waals surface area contributed by atoms with E-state index in [4.69, 9.17) is 4.74 Å². The zero-order valence-electron chi connectivity index (χ0n) is 15.0. The van der Waals surface area contributed by atoms with Crippen LogP contribution in [0.1, 0.15) is 36.5 Å². The van der Waals surface area contributed by atoms with E-state index in [0.29, 0.717) is 18.7 Å². The number of piperidine rings is 1. The van der Waals surface area contributed by atoms with Gasteiger partial charge in [-0.25, -0.2) is 0 Å².